The van der Waals surface area contributed by atoms with Crippen LogP contribution >= 0.6 is 0 Å². The topological polar surface area (TPSA) is 42.1 Å². The van der Waals surface area contributed by atoms with Crippen molar-refractivity contribution >= 4 is 5.69 Å². The van der Waals surface area contributed by atoms with E-state index >= 15 is 0 Å². The highest BCUT2D eigenvalue weighted by Crippen LogP contribution is 2.21. The summed E-state index contributed by atoms with van der Waals surface area (Å²) in [5, 5.41) is 0. The fourth-order valence-electron chi connectivity index (χ4n) is 2.25. The van der Waals surface area contributed by atoms with E-state index in [1.54, 1.807) is 12.3 Å². The third-order valence-corrected chi connectivity index (χ3v) is 3.57. The van der Waals surface area contributed by atoms with Crippen LogP contribution in [0.1, 0.15) is 24.6 Å². The molecule has 1 aromatic carbocycles. The molecular formula is C17H22FN3. The summed E-state index contributed by atoms with van der Waals surface area (Å²) < 4.78 is 14.3. The molecule has 0 fully saturated rings. The largest absolute Gasteiger partial charge is 0.366 e. The molecule has 1 aromatic heterocycles. The average Bonchev–Trinajstić information content (AvgIpc) is 2.48. The van der Waals surface area contributed by atoms with Crippen LogP contribution in [0.25, 0.3) is 0 Å². The number of halogens is 1. The lowest BCUT2D eigenvalue weighted by Crippen LogP contribution is -2.22. The monoisotopic (exact) mass is 287 g/mol. The van der Waals surface area contributed by atoms with Crippen LogP contribution in [0, 0.1) is 5.82 Å². The molecule has 0 aliphatic rings. The smallest absolute Gasteiger partial charge is 0.146 e. The molecule has 21 heavy (non-hydrogen) atoms. The molecule has 0 bridgehead atoms. The molecule has 3 nitrogen and oxygen atoms in total. The highest BCUT2D eigenvalue weighted by atomic mass is 19.1. The van der Waals surface area contributed by atoms with Gasteiger partial charge in [-0.2, -0.15) is 0 Å². The van der Waals surface area contributed by atoms with E-state index in [4.69, 9.17) is 5.73 Å². The van der Waals surface area contributed by atoms with Gasteiger partial charge in [-0.3, -0.25) is 4.98 Å². The lowest BCUT2D eigenvalue weighted by Gasteiger charge is -2.20. The Hall–Kier alpha value is -1.94. The Morgan fingerprint density at radius 3 is 2.71 bits per heavy atom. The molecule has 0 amide bonds. The van der Waals surface area contributed by atoms with Crippen molar-refractivity contribution in [3.63, 3.8) is 0 Å². The zero-order valence-corrected chi connectivity index (χ0v) is 12.6. The number of pyridine rings is 1. The normalized spacial score (nSPS) is 12.2. The SMILES string of the molecule is CCC(N)Cc1ccc(N(C)Cc2ccccn2)c(F)c1. The average molecular weight is 287 g/mol. The van der Waals surface area contributed by atoms with E-state index in [0.29, 0.717) is 18.7 Å². The van der Waals surface area contributed by atoms with Crippen LogP contribution in [0.15, 0.2) is 42.6 Å². The van der Waals surface area contributed by atoms with Gasteiger partial charge in [0, 0.05) is 19.3 Å². The predicted octanol–water partition coefficient (Wildman–Crippen LogP) is 3.14. The lowest BCUT2D eigenvalue weighted by molar-refractivity contribution is 0.610. The van der Waals surface area contributed by atoms with Gasteiger partial charge >= 0.3 is 0 Å². The van der Waals surface area contributed by atoms with Crippen molar-refractivity contribution < 1.29 is 4.39 Å². The van der Waals surface area contributed by atoms with E-state index in [1.807, 2.05) is 49.2 Å². The zero-order valence-electron chi connectivity index (χ0n) is 12.6. The molecule has 2 N–H and O–H groups in total. The summed E-state index contributed by atoms with van der Waals surface area (Å²) in [5.41, 5.74) is 8.35. The summed E-state index contributed by atoms with van der Waals surface area (Å²) in [4.78, 5) is 6.12. The Morgan fingerprint density at radius 1 is 1.29 bits per heavy atom. The summed E-state index contributed by atoms with van der Waals surface area (Å²) in [6.07, 6.45) is 3.34. The summed E-state index contributed by atoms with van der Waals surface area (Å²) in [7, 11) is 1.87. The lowest BCUT2D eigenvalue weighted by atomic mass is 10.0. The van der Waals surface area contributed by atoms with Crippen LogP contribution in [-0.4, -0.2) is 18.1 Å². The van der Waals surface area contributed by atoms with E-state index in [2.05, 4.69) is 4.98 Å². The number of rotatable bonds is 6. The Bertz CT molecular complexity index is 572. The van der Waals surface area contributed by atoms with Gasteiger partial charge in [-0.15, -0.1) is 0 Å². The number of hydrogen-bond acceptors (Lipinski definition) is 3. The summed E-state index contributed by atoms with van der Waals surface area (Å²) in [5.74, 6) is -0.214. The minimum Gasteiger partial charge on any atom is -0.366 e. The third-order valence-electron chi connectivity index (χ3n) is 3.57. The van der Waals surface area contributed by atoms with Crippen molar-refractivity contribution in [2.75, 3.05) is 11.9 Å². The predicted molar refractivity (Wildman–Crippen MR) is 84.7 cm³/mol. The first-order chi connectivity index (χ1) is 10.1. The van der Waals surface area contributed by atoms with Crippen LogP contribution in [0.3, 0.4) is 0 Å². The third kappa shape index (κ3) is 4.26. The van der Waals surface area contributed by atoms with Gasteiger partial charge in [0.25, 0.3) is 0 Å². The van der Waals surface area contributed by atoms with Crippen molar-refractivity contribution in [2.24, 2.45) is 5.73 Å². The molecule has 1 unspecified atom stereocenters. The first-order valence-electron chi connectivity index (χ1n) is 7.25. The van der Waals surface area contributed by atoms with Crippen molar-refractivity contribution in [3.8, 4) is 0 Å². The highest BCUT2D eigenvalue weighted by Gasteiger charge is 2.10. The van der Waals surface area contributed by atoms with Crippen molar-refractivity contribution in [2.45, 2.75) is 32.4 Å². The van der Waals surface area contributed by atoms with Crippen LogP contribution in [0.5, 0.6) is 0 Å². The molecule has 0 aliphatic carbocycles. The van der Waals surface area contributed by atoms with E-state index in [9.17, 15) is 4.39 Å². The molecule has 1 heterocycles. The number of benzene rings is 1. The van der Waals surface area contributed by atoms with Crippen LogP contribution < -0.4 is 10.6 Å². The Morgan fingerprint density at radius 2 is 2.10 bits per heavy atom. The second-order valence-electron chi connectivity index (χ2n) is 5.34. The van der Waals surface area contributed by atoms with Crippen molar-refractivity contribution in [3.05, 3.63) is 59.7 Å². The maximum absolute atomic E-state index is 14.3. The Balaban J connectivity index is 2.09. The molecule has 2 rings (SSSR count). The minimum atomic E-state index is -0.214. The van der Waals surface area contributed by atoms with Gasteiger partial charge in [-0.25, -0.2) is 4.39 Å². The van der Waals surface area contributed by atoms with Gasteiger partial charge in [0.05, 0.1) is 17.9 Å². The number of nitrogens with two attached hydrogens (primary N) is 1. The van der Waals surface area contributed by atoms with Gasteiger partial charge in [0.2, 0.25) is 0 Å². The molecule has 1 atom stereocenters. The van der Waals surface area contributed by atoms with Gasteiger partial charge in [-0.1, -0.05) is 19.1 Å². The zero-order chi connectivity index (χ0) is 15.2. The van der Waals surface area contributed by atoms with E-state index in [1.165, 1.54) is 0 Å². The molecule has 0 saturated heterocycles. The summed E-state index contributed by atoms with van der Waals surface area (Å²) >= 11 is 0. The maximum Gasteiger partial charge on any atom is 0.146 e. The Labute approximate surface area is 125 Å². The van der Waals surface area contributed by atoms with Gasteiger partial charge in [0.15, 0.2) is 0 Å². The molecule has 0 aliphatic heterocycles. The fourth-order valence-corrected chi connectivity index (χ4v) is 2.25. The maximum atomic E-state index is 14.3. The van der Waals surface area contributed by atoms with Crippen molar-refractivity contribution in [1.29, 1.82) is 0 Å². The van der Waals surface area contributed by atoms with E-state index < -0.39 is 0 Å². The molecule has 0 saturated carbocycles. The second-order valence-corrected chi connectivity index (χ2v) is 5.34. The van der Waals surface area contributed by atoms with Gasteiger partial charge in [0.1, 0.15) is 5.82 Å². The first kappa shape index (κ1) is 15.4. The molecule has 0 radical (unpaired) electrons. The fraction of sp³-hybridized carbons (Fsp3) is 0.353. The molecule has 2 aromatic rings. The number of anilines is 1. The van der Waals surface area contributed by atoms with Crippen LogP contribution in [-0.2, 0) is 13.0 Å². The summed E-state index contributed by atoms with van der Waals surface area (Å²) in [6.45, 7) is 2.61. The number of nitrogens with zero attached hydrogens (tertiary/aromatic N) is 2. The standard InChI is InChI=1S/C17H22FN3/c1-3-14(19)10-13-7-8-17(16(18)11-13)21(2)12-15-6-4-5-9-20-15/h4-9,11,14H,3,10,12,19H2,1-2H3. The van der Waals surface area contributed by atoms with Crippen molar-refractivity contribution in [1.82, 2.24) is 4.98 Å². The first-order valence-corrected chi connectivity index (χ1v) is 7.25. The molecule has 4 heteroatoms. The number of hydrogen-bond donors (Lipinski definition) is 1. The molecule has 112 valence electrons. The minimum absolute atomic E-state index is 0.0847. The van der Waals surface area contributed by atoms with Crippen LogP contribution in [0.2, 0.25) is 0 Å². The second kappa shape index (κ2) is 7.18. The number of aromatic nitrogens is 1. The molecule has 0 spiro atoms. The van der Waals surface area contributed by atoms with Crippen LogP contribution in [0.4, 0.5) is 10.1 Å². The highest BCUT2D eigenvalue weighted by molar-refractivity contribution is 5.48. The van der Waals surface area contributed by atoms with E-state index in [-0.39, 0.29) is 11.9 Å². The Kier molecular flexibility index (Phi) is 5.28. The quantitative estimate of drug-likeness (QED) is 0.887. The molecular weight excluding hydrogens is 265 g/mol. The van der Waals surface area contributed by atoms with Gasteiger partial charge in [-0.05, 0) is 42.7 Å². The van der Waals surface area contributed by atoms with Gasteiger partial charge < -0.3 is 10.6 Å². The van der Waals surface area contributed by atoms with E-state index in [0.717, 1.165) is 17.7 Å². The summed E-state index contributed by atoms with van der Waals surface area (Å²) in [6, 6.07) is 11.2.